The van der Waals surface area contributed by atoms with Crippen LogP contribution in [0.4, 0.5) is 23.7 Å². The van der Waals surface area contributed by atoms with Gasteiger partial charge in [-0.2, -0.15) is 18.1 Å². The average molecular weight is 609 g/mol. The molecule has 3 heterocycles. The van der Waals surface area contributed by atoms with Crippen LogP contribution in [0.1, 0.15) is 21.9 Å². The monoisotopic (exact) mass is 608 g/mol. The number of methoxy groups -OCH3 is 1. The lowest BCUT2D eigenvalue weighted by atomic mass is 9.83. The van der Waals surface area contributed by atoms with E-state index in [1.165, 1.54) is 31.4 Å². The van der Waals surface area contributed by atoms with Gasteiger partial charge in [-0.3, -0.25) is 23.7 Å². The molecule has 3 atom stereocenters. The summed E-state index contributed by atoms with van der Waals surface area (Å²) in [5.41, 5.74) is 4.56. The van der Waals surface area contributed by atoms with E-state index in [1.54, 1.807) is 0 Å². The zero-order valence-corrected chi connectivity index (χ0v) is 22.4. The zero-order chi connectivity index (χ0) is 29.8. The van der Waals surface area contributed by atoms with Crippen LogP contribution in [0.3, 0.4) is 0 Å². The second kappa shape index (κ2) is 10.3. The van der Waals surface area contributed by atoms with Gasteiger partial charge in [0.25, 0.3) is 5.91 Å². The first kappa shape index (κ1) is 28.2. The molecule has 214 valence electrons. The average Bonchev–Trinajstić information content (AvgIpc) is 3.34. The molecule has 3 aromatic rings. The lowest BCUT2D eigenvalue weighted by Gasteiger charge is -2.30. The normalized spacial score (nSPS) is 20.0. The Labute approximate surface area is 236 Å². The van der Waals surface area contributed by atoms with Crippen LogP contribution in [0.25, 0.3) is 0 Å². The number of anilines is 1. The predicted octanol–water partition coefficient (Wildman–Crippen LogP) is 2.95. The van der Waals surface area contributed by atoms with Crippen molar-refractivity contribution in [1.82, 2.24) is 9.47 Å². The zero-order valence-electron chi connectivity index (χ0n) is 20.8. The molecule has 0 spiro atoms. The standard InChI is InChI=1S/C25H19F3N4O7S2/c1-39-14-7-10(5-6-13(14)33)16-17-18(21(36)32(20(17)35)23(29)37)40-22-19(16)41-24(38)31(22)9-15(34)30-12-4-2-3-11(8-12)25(26,27)28/h2-8,16-18,33H,9H2,1H3,(H2,29,37)(H,30,34)/t16-,17?,18?/m0/s1. The van der Waals surface area contributed by atoms with Crippen molar-refractivity contribution >= 4 is 52.5 Å². The van der Waals surface area contributed by atoms with Gasteiger partial charge < -0.3 is 20.9 Å². The second-order valence-electron chi connectivity index (χ2n) is 9.07. The first-order chi connectivity index (χ1) is 19.3. The van der Waals surface area contributed by atoms with Gasteiger partial charge >= 0.3 is 17.1 Å². The number of imide groups is 3. The van der Waals surface area contributed by atoms with Crippen LogP contribution >= 0.6 is 23.1 Å². The number of hydrogen-bond acceptors (Lipinski definition) is 9. The fraction of sp³-hybridized carbons (Fsp3) is 0.240. The topological polar surface area (TPSA) is 161 Å². The van der Waals surface area contributed by atoms with E-state index in [9.17, 15) is 42.3 Å². The van der Waals surface area contributed by atoms with Gasteiger partial charge in [-0.1, -0.05) is 35.2 Å². The van der Waals surface area contributed by atoms with E-state index in [4.69, 9.17) is 10.5 Å². The van der Waals surface area contributed by atoms with Crippen molar-refractivity contribution in [1.29, 1.82) is 0 Å². The number of fused-ring (bicyclic) bond motifs is 2. The van der Waals surface area contributed by atoms with Gasteiger partial charge in [0.05, 0.1) is 23.6 Å². The summed E-state index contributed by atoms with van der Waals surface area (Å²) in [4.78, 5) is 64.3. The Kier molecular flexibility index (Phi) is 7.07. The first-order valence-electron chi connectivity index (χ1n) is 11.7. The number of phenolic OH excluding ortho intramolecular Hbond substituents is 1. The summed E-state index contributed by atoms with van der Waals surface area (Å²) in [6, 6.07) is 6.91. The minimum atomic E-state index is -4.63. The third kappa shape index (κ3) is 4.93. The maximum atomic E-state index is 13.3. The summed E-state index contributed by atoms with van der Waals surface area (Å²) in [6.07, 6.45) is -4.63. The van der Waals surface area contributed by atoms with E-state index in [-0.39, 0.29) is 22.2 Å². The summed E-state index contributed by atoms with van der Waals surface area (Å²) < 4.78 is 45.5. The molecule has 1 fully saturated rings. The Morgan fingerprint density at radius 1 is 1.12 bits per heavy atom. The van der Waals surface area contributed by atoms with E-state index in [0.717, 1.165) is 34.5 Å². The van der Waals surface area contributed by atoms with Crippen molar-refractivity contribution in [3.63, 3.8) is 0 Å². The molecule has 5 rings (SSSR count). The van der Waals surface area contributed by atoms with Crippen molar-refractivity contribution in [2.75, 3.05) is 12.4 Å². The number of hydrogen-bond donors (Lipinski definition) is 3. The number of likely N-dealkylation sites (tertiary alicyclic amines) is 1. The quantitative estimate of drug-likeness (QED) is 0.373. The van der Waals surface area contributed by atoms with E-state index in [1.807, 2.05) is 0 Å². The molecule has 2 aliphatic heterocycles. The van der Waals surface area contributed by atoms with E-state index in [0.29, 0.717) is 26.7 Å². The Morgan fingerprint density at radius 3 is 2.51 bits per heavy atom. The molecule has 0 saturated carbocycles. The number of aromatic nitrogens is 1. The number of carbonyl (C=O) groups is 4. The summed E-state index contributed by atoms with van der Waals surface area (Å²) in [7, 11) is 1.31. The van der Waals surface area contributed by atoms with Crippen molar-refractivity contribution in [2.24, 2.45) is 11.7 Å². The maximum Gasteiger partial charge on any atom is 0.416 e. The molecule has 0 aliphatic carbocycles. The molecular formula is C25H19F3N4O7S2. The molecule has 41 heavy (non-hydrogen) atoms. The minimum Gasteiger partial charge on any atom is -0.504 e. The van der Waals surface area contributed by atoms with Gasteiger partial charge in [-0.15, -0.1) is 0 Å². The largest absolute Gasteiger partial charge is 0.504 e. The molecule has 2 aromatic carbocycles. The van der Waals surface area contributed by atoms with Crippen molar-refractivity contribution < 1.29 is 42.2 Å². The number of amides is 5. The van der Waals surface area contributed by atoms with Crippen molar-refractivity contribution in [2.45, 2.75) is 28.9 Å². The summed E-state index contributed by atoms with van der Waals surface area (Å²) in [5.74, 6) is -4.83. The third-order valence-electron chi connectivity index (χ3n) is 6.61. The van der Waals surface area contributed by atoms with Gasteiger partial charge in [0, 0.05) is 16.5 Å². The number of benzene rings is 2. The highest BCUT2D eigenvalue weighted by Gasteiger charge is 2.58. The van der Waals surface area contributed by atoms with Crippen LogP contribution in [-0.2, 0) is 27.1 Å². The number of carbonyl (C=O) groups excluding carboxylic acids is 4. The molecule has 2 unspecified atom stereocenters. The maximum absolute atomic E-state index is 13.3. The number of urea groups is 1. The first-order valence-corrected chi connectivity index (χ1v) is 13.4. The van der Waals surface area contributed by atoms with Crippen molar-refractivity contribution in [3.8, 4) is 11.5 Å². The number of primary amides is 1. The van der Waals surface area contributed by atoms with Gasteiger partial charge in [0.2, 0.25) is 11.8 Å². The van der Waals surface area contributed by atoms with E-state index >= 15 is 0 Å². The molecule has 1 saturated heterocycles. The number of thioether (sulfide) groups is 1. The molecule has 11 nitrogen and oxygen atoms in total. The van der Waals surface area contributed by atoms with Gasteiger partial charge in [0.15, 0.2) is 11.5 Å². The molecule has 4 N–H and O–H groups in total. The number of aromatic hydroxyl groups is 1. The van der Waals surface area contributed by atoms with Crippen LogP contribution in [0, 0.1) is 5.92 Å². The molecule has 5 amide bonds. The number of rotatable bonds is 5. The number of nitrogens with one attached hydrogen (secondary N) is 1. The van der Waals surface area contributed by atoms with Crippen LogP contribution in [0.5, 0.6) is 11.5 Å². The van der Waals surface area contributed by atoms with Gasteiger partial charge in [-0.25, -0.2) is 4.79 Å². The molecule has 2 aliphatic rings. The summed E-state index contributed by atoms with van der Waals surface area (Å²) in [6.45, 7) is -0.613. The highest BCUT2D eigenvalue weighted by Crippen LogP contribution is 2.54. The molecular weight excluding hydrogens is 589 g/mol. The lowest BCUT2D eigenvalue weighted by molar-refractivity contribution is -0.138. The SMILES string of the molecule is COc1cc([C@@H]2c3sc(=O)n(CC(=O)Nc4cccc(C(F)(F)F)c4)c3SC3C(=O)N(C(N)=O)C(=O)C32)ccc1O. The third-order valence-corrected chi connectivity index (χ3v) is 9.21. The predicted molar refractivity (Wildman–Crippen MR) is 140 cm³/mol. The van der Waals surface area contributed by atoms with Gasteiger partial charge in [-0.05, 0) is 35.9 Å². The number of phenols is 1. The van der Waals surface area contributed by atoms with Crippen LogP contribution in [-0.4, -0.2) is 50.7 Å². The molecule has 0 radical (unpaired) electrons. The summed E-state index contributed by atoms with van der Waals surface area (Å²) in [5, 5.41) is 11.4. The van der Waals surface area contributed by atoms with E-state index < -0.39 is 64.0 Å². The Hall–Kier alpha value is -4.31. The molecule has 0 bridgehead atoms. The minimum absolute atomic E-state index is 0.0506. The Balaban J connectivity index is 1.55. The fourth-order valence-corrected chi connectivity index (χ4v) is 7.61. The second-order valence-corrected chi connectivity index (χ2v) is 11.2. The summed E-state index contributed by atoms with van der Waals surface area (Å²) >= 11 is 1.53. The number of thiazole rings is 1. The van der Waals surface area contributed by atoms with E-state index in [2.05, 4.69) is 5.32 Å². The molecule has 1 aromatic heterocycles. The van der Waals surface area contributed by atoms with Crippen LogP contribution in [0.2, 0.25) is 0 Å². The lowest BCUT2D eigenvalue weighted by Crippen LogP contribution is -2.41. The number of ether oxygens (including phenoxy) is 1. The Morgan fingerprint density at radius 2 is 1.85 bits per heavy atom. The van der Waals surface area contributed by atoms with Crippen LogP contribution in [0.15, 0.2) is 52.3 Å². The number of alkyl halides is 3. The van der Waals surface area contributed by atoms with Crippen LogP contribution < -0.4 is 20.7 Å². The number of halogens is 3. The highest BCUT2D eigenvalue weighted by atomic mass is 32.2. The number of nitrogens with two attached hydrogens (primary N) is 1. The smallest absolute Gasteiger partial charge is 0.416 e. The highest BCUT2D eigenvalue weighted by molar-refractivity contribution is 8.00. The van der Waals surface area contributed by atoms with Gasteiger partial charge in [0.1, 0.15) is 11.8 Å². The van der Waals surface area contributed by atoms with Crippen molar-refractivity contribution in [3.05, 3.63) is 68.1 Å². The number of nitrogens with zero attached hydrogens (tertiary/aromatic N) is 2. The fourth-order valence-electron chi connectivity index (χ4n) is 4.84. The Bertz CT molecular complexity index is 1670. The molecule has 16 heteroatoms.